The van der Waals surface area contributed by atoms with Crippen molar-refractivity contribution < 1.29 is 19.1 Å². The number of ether oxygens (including phenoxy) is 1. The molecule has 3 N–H and O–H groups in total. The monoisotopic (exact) mass is 838 g/mol. The Kier molecular flexibility index (Phi) is 13.1. The van der Waals surface area contributed by atoms with Crippen LogP contribution in [0.25, 0.3) is 33.6 Å². The van der Waals surface area contributed by atoms with Gasteiger partial charge < -0.3 is 29.8 Å². The Morgan fingerprint density at radius 1 is 0.770 bits per heavy atom. The number of nitrogens with zero attached hydrogens (tertiary/aromatic N) is 5. The van der Waals surface area contributed by atoms with Gasteiger partial charge in [0.1, 0.15) is 23.8 Å². The van der Waals surface area contributed by atoms with Crippen LogP contribution in [0.2, 0.25) is 0 Å². The third-order valence-corrected chi connectivity index (χ3v) is 13.0. The highest BCUT2D eigenvalue weighted by atomic mass is 32.1. The fraction of sp³-hybridized carbons (Fsp3) is 0.354. The number of carbonyl (C=O) groups is 3. The van der Waals surface area contributed by atoms with Gasteiger partial charge in [-0.15, -0.1) is 11.3 Å². The number of benzene rings is 3. The van der Waals surface area contributed by atoms with Crippen molar-refractivity contribution >= 4 is 29.2 Å². The molecule has 61 heavy (non-hydrogen) atoms. The van der Waals surface area contributed by atoms with Gasteiger partial charge in [0.25, 0.3) is 0 Å². The topological polar surface area (TPSA) is 140 Å². The number of nitrogens with one attached hydrogen (secondary N) is 3. The Bertz CT molecular complexity index is 2370. The fourth-order valence-corrected chi connectivity index (χ4v) is 9.65. The van der Waals surface area contributed by atoms with Crippen molar-refractivity contribution in [3.05, 3.63) is 131 Å². The second-order valence-electron chi connectivity index (χ2n) is 15.8. The molecule has 12 nitrogen and oxygen atoms in total. The van der Waals surface area contributed by atoms with E-state index in [1.165, 1.54) is 7.05 Å². The van der Waals surface area contributed by atoms with Crippen LogP contribution in [0.15, 0.2) is 109 Å². The van der Waals surface area contributed by atoms with Gasteiger partial charge in [-0.3, -0.25) is 14.5 Å². The van der Waals surface area contributed by atoms with E-state index in [0.29, 0.717) is 13.0 Å². The average Bonchev–Trinajstić information content (AvgIpc) is 4.16. The number of imidazole rings is 2. The van der Waals surface area contributed by atoms with Crippen LogP contribution in [0.3, 0.4) is 0 Å². The van der Waals surface area contributed by atoms with Crippen LogP contribution >= 0.6 is 11.3 Å². The summed E-state index contributed by atoms with van der Waals surface area (Å²) < 4.78 is 5.60. The molecule has 6 aromatic rings. The standard InChI is InChI=1S/C48H54N8O4S/c1-4-54(5-2)44(36-12-7-6-8-13-36)47(58)56-26-10-16-42(56)46-51-31-40(53-46)35-23-19-33(20-24-35)32-17-21-34(22-18-32)39-30-50-45(52-39)41-15-9-25-55(41)43(57)29-37(60-48(59)49-3)28-38-14-11-27-61-38/h6-8,11-14,17-24,27,30-31,37,41-42,44H,4-5,9-10,15-16,25-26,28-29H2,1-3H3,(H,49,59)(H,50,52)(H,51,53)/t37-,41+,42+,44-/m1/s1. The van der Waals surface area contributed by atoms with Gasteiger partial charge in [-0.1, -0.05) is 98.8 Å². The number of aromatic nitrogens is 4. The zero-order chi connectivity index (χ0) is 42.3. The normalized spacial score (nSPS) is 17.4. The van der Waals surface area contributed by atoms with Gasteiger partial charge in [0, 0.05) is 31.4 Å². The highest BCUT2D eigenvalue weighted by molar-refractivity contribution is 7.09. The predicted octanol–water partition coefficient (Wildman–Crippen LogP) is 8.96. The highest BCUT2D eigenvalue weighted by Crippen LogP contribution is 2.37. The predicted molar refractivity (Wildman–Crippen MR) is 238 cm³/mol. The molecule has 4 atom stereocenters. The van der Waals surface area contributed by atoms with Crippen molar-refractivity contribution in [2.45, 2.75) is 76.6 Å². The number of alkyl carbamates (subject to hydrolysis) is 1. The SMILES string of the molecule is CCN(CC)[C@@H](C(=O)N1CCC[C@H]1c1ncc(-c2ccc(-c3ccc(-c4cnc([C@@H]5CCCN5C(=O)C[C@@H](Cc5cccs5)OC(=O)NC)[nH]4)cc3)cc2)[nH]1)c1ccccc1. The van der Waals surface area contributed by atoms with Crippen LogP contribution in [0.1, 0.15) is 86.2 Å². The number of thiophene rings is 1. The molecule has 2 aliphatic heterocycles. The Morgan fingerprint density at radius 3 is 1.87 bits per heavy atom. The largest absolute Gasteiger partial charge is 0.445 e. The molecular weight excluding hydrogens is 785 g/mol. The Morgan fingerprint density at radius 2 is 1.33 bits per heavy atom. The average molecular weight is 839 g/mol. The first-order chi connectivity index (χ1) is 29.8. The van der Waals surface area contributed by atoms with Crippen molar-refractivity contribution in [1.82, 2.24) is 40.0 Å². The van der Waals surface area contributed by atoms with E-state index in [-0.39, 0.29) is 36.4 Å². The van der Waals surface area contributed by atoms with Gasteiger partial charge in [0.2, 0.25) is 11.8 Å². The molecule has 2 saturated heterocycles. The van der Waals surface area contributed by atoms with Gasteiger partial charge in [0.15, 0.2) is 0 Å². The van der Waals surface area contributed by atoms with Crippen molar-refractivity contribution in [3.8, 4) is 33.6 Å². The van der Waals surface area contributed by atoms with E-state index in [1.807, 2.05) is 57.9 Å². The lowest BCUT2D eigenvalue weighted by Gasteiger charge is -2.34. The van der Waals surface area contributed by atoms with Gasteiger partial charge in [-0.2, -0.15) is 0 Å². The first kappa shape index (κ1) is 41.7. The number of rotatable bonds is 15. The minimum atomic E-state index is -0.560. The molecule has 0 spiro atoms. The molecule has 8 rings (SSSR count). The van der Waals surface area contributed by atoms with E-state index in [0.717, 1.165) is 101 Å². The number of hydrogen-bond donors (Lipinski definition) is 3. The summed E-state index contributed by atoms with van der Waals surface area (Å²) in [5.74, 6) is 1.66. The van der Waals surface area contributed by atoms with Crippen molar-refractivity contribution in [2.75, 3.05) is 33.2 Å². The minimum absolute atomic E-state index is 0.0511. The molecule has 3 aromatic carbocycles. The zero-order valence-electron chi connectivity index (χ0n) is 35.1. The number of likely N-dealkylation sites (tertiary alicyclic amines) is 2. The summed E-state index contributed by atoms with van der Waals surface area (Å²) in [5.41, 5.74) is 7.04. The third kappa shape index (κ3) is 9.33. The minimum Gasteiger partial charge on any atom is -0.445 e. The molecule has 3 aromatic heterocycles. The van der Waals surface area contributed by atoms with Crippen LogP contribution in [-0.4, -0.2) is 91.9 Å². The number of aromatic amines is 2. The molecule has 0 unspecified atom stereocenters. The summed E-state index contributed by atoms with van der Waals surface area (Å²) in [5, 5.41) is 4.48. The lowest BCUT2D eigenvalue weighted by molar-refractivity contribution is -0.138. The van der Waals surface area contributed by atoms with Crippen LogP contribution in [0.4, 0.5) is 4.79 Å². The molecule has 3 amide bonds. The first-order valence-corrected chi connectivity index (χ1v) is 22.3. The molecule has 0 radical (unpaired) electrons. The van der Waals surface area contributed by atoms with Crippen molar-refractivity contribution in [1.29, 1.82) is 0 Å². The second-order valence-corrected chi connectivity index (χ2v) is 16.8. The summed E-state index contributed by atoms with van der Waals surface area (Å²) in [6, 6.07) is 30.3. The van der Waals surface area contributed by atoms with Crippen LogP contribution in [0.5, 0.6) is 0 Å². The fourth-order valence-electron chi connectivity index (χ4n) is 8.88. The number of likely N-dealkylation sites (N-methyl/N-ethyl adjacent to an activating group) is 1. The second kappa shape index (κ2) is 19.1. The van der Waals surface area contributed by atoms with E-state index in [2.05, 4.69) is 94.7 Å². The molecule has 2 aliphatic rings. The van der Waals surface area contributed by atoms with E-state index in [9.17, 15) is 14.4 Å². The Hall–Kier alpha value is -6.05. The number of H-pyrrole nitrogens is 2. The van der Waals surface area contributed by atoms with Crippen molar-refractivity contribution in [3.63, 3.8) is 0 Å². The van der Waals surface area contributed by atoms with E-state index in [1.54, 1.807) is 11.3 Å². The smallest absolute Gasteiger partial charge is 0.407 e. The lowest BCUT2D eigenvalue weighted by Crippen LogP contribution is -2.43. The highest BCUT2D eigenvalue weighted by Gasteiger charge is 2.38. The summed E-state index contributed by atoms with van der Waals surface area (Å²) in [6.07, 6.45) is 6.71. The number of hydrogen-bond acceptors (Lipinski definition) is 8. The van der Waals surface area contributed by atoms with E-state index < -0.39 is 12.2 Å². The van der Waals surface area contributed by atoms with Crippen LogP contribution in [-0.2, 0) is 20.7 Å². The maximum atomic E-state index is 14.2. The maximum absolute atomic E-state index is 14.2. The van der Waals surface area contributed by atoms with E-state index >= 15 is 0 Å². The van der Waals surface area contributed by atoms with Crippen molar-refractivity contribution in [2.24, 2.45) is 0 Å². The van der Waals surface area contributed by atoms with Crippen LogP contribution < -0.4 is 5.32 Å². The Labute approximate surface area is 361 Å². The molecule has 0 saturated carbocycles. The molecule has 316 valence electrons. The molecule has 0 aliphatic carbocycles. The molecule has 2 fully saturated rings. The summed E-state index contributed by atoms with van der Waals surface area (Å²) in [7, 11) is 1.52. The molecule has 0 bridgehead atoms. The zero-order valence-corrected chi connectivity index (χ0v) is 35.9. The van der Waals surface area contributed by atoms with Gasteiger partial charge in [0.05, 0.1) is 42.3 Å². The van der Waals surface area contributed by atoms with Gasteiger partial charge in [-0.25, -0.2) is 14.8 Å². The molecular formula is C48H54N8O4S. The quantitative estimate of drug-likeness (QED) is 0.0939. The third-order valence-electron chi connectivity index (χ3n) is 12.1. The molecule has 5 heterocycles. The summed E-state index contributed by atoms with van der Waals surface area (Å²) in [6.45, 7) is 7.16. The molecule has 13 heteroatoms. The maximum Gasteiger partial charge on any atom is 0.407 e. The number of carbonyl (C=O) groups excluding carboxylic acids is 3. The Balaban J connectivity index is 0.907. The van der Waals surface area contributed by atoms with Crippen LogP contribution in [0, 0.1) is 0 Å². The first-order valence-electron chi connectivity index (χ1n) is 21.4. The summed E-state index contributed by atoms with van der Waals surface area (Å²) >= 11 is 1.58. The summed E-state index contributed by atoms with van der Waals surface area (Å²) in [4.78, 5) is 63.8. The number of amides is 3. The van der Waals surface area contributed by atoms with E-state index in [4.69, 9.17) is 14.7 Å². The van der Waals surface area contributed by atoms with Gasteiger partial charge >= 0.3 is 6.09 Å². The van der Waals surface area contributed by atoms with Gasteiger partial charge in [-0.05, 0) is 78.0 Å². The lowest BCUT2D eigenvalue weighted by atomic mass is 10.0.